The predicted molar refractivity (Wildman–Crippen MR) is 88.1 cm³/mol. The zero-order chi connectivity index (χ0) is 15.8. The van der Waals surface area contributed by atoms with E-state index in [1.54, 1.807) is 18.4 Å². The van der Waals surface area contributed by atoms with Crippen molar-refractivity contribution in [2.75, 3.05) is 6.54 Å². The molecule has 0 aromatic carbocycles. The van der Waals surface area contributed by atoms with Crippen LogP contribution in [0.25, 0.3) is 11.6 Å². The molecule has 0 aliphatic rings. The van der Waals surface area contributed by atoms with E-state index in [0.717, 1.165) is 19.3 Å². The van der Waals surface area contributed by atoms with Crippen LogP contribution in [0.1, 0.15) is 38.5 Å². The molecule has 0 aliphatic heterocycles. The Labute approximate surface area is 141 Å². The van der Waals surface area contributed by atoms with Gasteiger partial charge in [0.25, 0.3) is 0 Å². The number of aromatic nitrogens is 2. The van der Waals surface area contributed by atoms with Crippen molar-refractivity contribution in [1.29, 1.82) is 0 Å². The molecule has 1 atom stereocenters. The summed E-state index contributed by atoms with van der Waals surface area (Å²) >= 11 is 0. The zero-order valence-corrected chi connectivity index (χ0v) is 14.0. The molecule has 128 valence electrons. The van der Waals surface area contributed by atoms with Crippen LogP contribution in [-0.4, -0.2) is 28.6 Å². The van der Waals surface area contributed by atoms with E-state index < -0.39 is 0 Å². The van der Waals surface area contributed by atoms with Crippen molar-refractivity contribution in [3.05, 3.63) is 24.3 Å². The summed E-state index contributed by atoms with van der Waals surface area (Å²) in [5.41, 5.74) is 5.66. The average Bonchev–Trinajstić information content (AvgIpc) is 3.19. The molecule has 8 heteroatoms. The SMILES string of the molecule is CCCCC(CN)NC(=O)CCc1nc(-c2ccco2)no1.Cl. The number of rotatable bonds is 9. The first-order valence-electron chi connectivity index (χ1n) is 7.58. The second kappa shape index (κ2) is 10.0. The maximum atomic E-state index is 11.9. The minimum Gasteiger partial charge on any atom is -0.461 e. The van der Waals surface area contributed by atoms with Gasteiger partial charge in [-0.25, -0.2) is 0 Å². The molecule has 0 aliphatic carbocycles. The Hall–Kier alpha value is -1.86. The smallest absolute Gasteiger partial charge is 0.238 e. The molecule has 0 bridgehead atoms. The quantitative estimate of drug-likeness (QED) is 0.724. The van der Waals surface area contributed by atoms with Gasteiger partial charge in [-0.05, 0) is 18.6 Å². The van der Waals surface area contributed by atoms with Gasteiger partial charge in [0.05, 0.1) is 6.26 Å². The summed E-state index contributed by atoms with van der Waals surface area (Å²) in [4.78, 5) is 16.1. The monoisotopic (exact) mass is 342 g/mol. The van der Waals surface area contributed by atoms with Gasteiger partial charge < -0.3 is 20.0 Å². The highest BCUT2D eigenvalue weighted by Gasteiger charge is 2.14. The summed E-state index contributed by atoms with van der Waals surface area (Å²) in [5, 5.41) is 6.76. The van der Waals surface area contributed by atoms with Crippen molar-refractivity contribution in [3.8, 4) is 11.6 Å². The van der Waals surface area contributed by atoms with Crippen LogP contribution in [0.3, 0.4) is 0 Å². The second-order valence-corrected chi connectivity index (χ2v) is 5.13. The Morgan fingerprint density at radius 2 is 2.30 bits per heavy atom. The lowest BCUT2D eigenvalue weighted by Crippen LogP contribution is -2.40. The largest absolute Gasteiger partial charge is 0.461 e. The molecule has 1 unspecified atom stereocenters. The topological polar surface area (TPSA) is 107 Å². The molecule has 0 fully saturated rings. The Morgan fingerprint density at radius 1 is 1.48 bits per heavy atom. The molecule has 2 aromatic rings. The number of hydrogen-bond acceptors (Lipinski definition) is 6. The minimum atomic E-state index is -0.0516. The number of nitrogens with one attached hydrogen (secondary N) is 1. The van der Waals surface area contributed by atoms with Crippen LogP contribution in [0.15, 0.2) is 27.3 Å². The van der Waals surface area contributed by atoms with Gasteiger partial charge in [-0.2, -0.15) is 4.98 Å². The van der Waals surface area contributed by atoms with Gasteiger partial charge in [-0.1, -0.05) is 24.9 Å². The van der Waals surface area contributed by atoms with Crippen molar-refractivity contribution in [1.82, 2.24) is 15.5 Å². The number of aryl methyl sites for hydroxylation is 1. The summed E-state index contributed by atoms with van der Waals surface area (Å²) in [6.07, 6.45) is 5.28. The predicted octanol–water partition coefficient (Wildman–Crippen LogP) is 2.32. The number of amides is 1. The summed E-state index contributed by atoms with van der Waals surface area (Å²) in [6.45, 7) is 2.57. The van der Waals surface area contributed by atoms with Crippen LogP contribution >= 0.6 is 12.4 Å². The lowest BCUT2D eigenvalue weighted by atomic mass is 10.1. The first-order chi connectivity index (χ1) is 10.7. The Bertz CT molecular complexity index is 571. The van der Waals surface area contributed by atoms with Crippen LogP contribution < -0.4 is 11.1 Å². The summed E-state index contributed by atoms with van der Waals surface area (Å²) in [7, 11) is 0. The number of nitrogens with zero attached hydrogens (tertiary/aromatic N) is 2. The number of furan rings is 1. The van der Waals surface area contributed by atoms with Gasteiger partial charge in [-0.3, -0.25) is 4.79 Å². The van der Waals surface area contributed by atoms with Gasteiger partial charge in [0.1, 0.15) is 0 Å². The van der Waals surface area contributed by atoms with Crippen molar-refractivity contribution in [3.63, 3.8) is 0 Å². The lowest BCUT2D eigenvalue weighted by molar-refractivity contribution is -0.121. The molecule has 0 radical (unpaired) electrons. The molecule has 23 heavy (non-hydrogen) atoms. The zero-order valence-electron chi connectivity index (χ0n) is 13.2. The number of carbonyl (C=O) groups is 1. The lowest BCUT2D eigenvalue weighted by Gasteiger charge is -2.15. The molecule has 3 N–H and O–H groups in total. The normalized spacial score (nSPS) is 11.7. The van der Waals surface area contributed by atoms with E-state index in [4.69, 9.17) is 14.7 Å². The third-order valence-corrected chi connectivity index (χ3v) is 3.33. The molecule has 2 rings (SSSR count). The molecule has 0 spiro atoms. The van der Waals surface area contributed by atoms with Crippen LogP contribution in [0.5, 0.6) is 0 Å². The van der Waals surface area contributed by atoms with E-state index in [0.29, 0.717) is 36.9 Å². The second-order valence-electron chi connectivity index (χ2n) is 5.13. The van der Waals surface area contributed by atoms with Crippen molar-refractivity contribution in [2.45, 2.75) is 45.1 Å². The molecule has 0 saturated carbocycles. The molecule has 2 heterocycles. The van der Waals surface area contributed by atoms with Crippen molar-refractivity contribution < 1.29 is 13.7 Å². The van der Waals surface area contributed by atoms with Crippen molar-refractivity contribution in [2.24, 2.45) is 5.73 Å². The molecule has 7 nitrogen and oxygen atoms in total. The van der Waals surface area contributed by atoms with Gasteiger partial charge in [0, 0.05) is 25.4 Å². The maximum absolute atomic E-state index is 11.9. The average molecular weight is 343 g/mol. The fourth-order valence-corrected chi connectivity index (χ4v) is 2.08. The third-order valence-electron chi connectivity index (χ3n) is 3.33. The maximum Gasteiger partial charge on any atom is 0.238 e. The molecule has 0 saturated heterocycles. The number of nitrogens with two attached hydrogens (primary N) is 1. The van der Waals surface area contributed by atoms with E-state index in [-0.39, 0.29) is 24.4 Å². The first-order valence-corrected chi connectivity index (χ1v) is 7.58. The van der Waals surface area contributed by atoms with E-state index >= 15 is 0 Å². The summed E-state index contributed by atoms with van der Waals surface area (Å²) in [6, 6.07) is 3.54. The molecular weight excluding hydrogens is 320 g/mol. The Balaban J connectivity index is 0.00000264. The number of hydrogen-bond donors (Lipinski definition) is 2. The van der Waals surface area contributed by atoms with Crippen LogP contribution in [-0.2, 0) is 11.2 Å². The van der Waals surface area contributed by atoms with Gasteiger partial charge in [0.15, 0.2) is 5.76 Å². The number of unbranched alkanes of at least 4 members (excludes halogenated alkanes) is 1. The summed E-state index contributed by atoms with van der Waals surface area (Å²) in [5.74, 6) is 1.30. The standard InChI is InChI=1S/C15H22N4O3.ClH/c1-2-3-5-11(10-16)17-13(20)7-8-14-18-15(19-22-14)12-6-4-9-21-12;/h4,6,9,11H,2-3,5,7-8,10,16H2,1H3,(H,17,20);1H. The Kier molecular flexibility index (Phi) is 8.36. The highest BCUT2D eigenvalue weighted by molar-refractivity contribution is 5.85. The number of carbonyl (C=O) groups excluding carboxylic acids is 1. The van der Waals surface area contributed by atoms with Gasteiger partial charge in [0.2, 0.25) is 17.6 Å². The van der Waals surface area contributed by atoms with Crippen LogP contribution in [0, 0.1) is 0 Å². The summed E-state index contributed by atoms with van der Waals surface area (Å²) < 4.78 is 10.3. The number of halogens is 1. The molecular formula is C15H23ClN4O3. The van der Waals surface area contributed by atoms with Crippen LogP contribution in [0.4, 0.5) is 0 Å². The van der Waals surface area contributed by atoms with Crippen LogP contribution in [0.2, 0.25) is 0 Å². The fraction of sp³-hybridized carbons (Fsp3) is 0.533. The molecule has 2 aromatic heterocycles. The van der Waals surface area contributed by atoms with Gasteiger partial charge in [-0.15, -0.1) is 12.4 Å². The Morgan fingerprint density at radius 3 is 2.96 bits per heavy atom. The van der Waals surface area contributed by atoms with E-state index in [1.807, 2.05) is 0 Å². The first kappa shape index (κ1) is 19.2. The highest BCUT2D eigenvalue weighted by atomic mass is 35.5. The van der Waals surface area contributed by atoms with Gasteiger partial charge >= 0.3 is 0 Å². The van der Waals surface area contributed by atoms with Crippen molar-refractivity contribution >= 4 is 18.3 Å². The van der Waals surface area contributed by atoms with E-state index in [2.05, 4.69) is 22.4 Å². The third kappa shape index (κ3) is 6.03. The minimum absolute atomic E-state index is 0. The van der Waals surface area contributed by atoms with E-state index in [1.165, 1.54) is 0 Å². The van der Waals surface area contributed by atoms with E-state index in [9.17, 15) is 4.79 Å². The highest BCUT2D eigenvalue weighted by Crippen LogP contribution is 2.16. The molecule has 1 amide bonds. The fourth-order valence-electron chi connectivity index (χ4n) is 2.08.